The Bertz CT molecular complexity index is 1380. The van der Waals surface area contributed by atoms with Crippen molar-refractivity contribution in [2.24, 2.45) is 0 Å². The maximum Gasteiger partial charge on any atom is 0.263 e. The molecule has 0 spiro atoms. The number of hydrogen-bond donors (Lipinski definition) is 3. The van der Waals surface area contributed by atoms with E-state index in [1.54, 1.807) is 25.1 Å². The van der Waals surface area contributed by atoms with Gasteiger partial charge in [-0.15, -0.1) is 0 Å². The first-order valence-corrected chi connectivity index (χ1v) is 9.67. The van der Waals surface area contributed by atoms with Crippen molar-refractivity contribution in [2.75, 3.05) is 11.1 Å². The van der Waals surface area contributed by atoms with Crippen LogP contribution in [0.5, 0.6) is 0 Å². The molecule has 7 nitrogen and oxygen atoms in total. The number of nitrogens with one attached hydrogen (secondary N) is 2. The lowest BCUT2D eigenvalue weighted by Gasteiger charge is -2.18. The summed E-state index contributed by atoms with van der Waals surface area (Å²) in [6, 6.07) is 13.6. The maximum absolute atomic E-state index is 14.7. The largest absolute Gasteiger partial charge is 0.383 e. The monoisotopic (exact) mass is 416 g/mol. The predicted molar refractivity (Wildman–Crippen MR) is 121 cm³/mol. The quantitative estimate of drug-likeness (QED) is 0.429. The molecule has 156 valence electrons. The predicted octanol–water partition coefficient (Wildman–Crippen LogP) is 3.81. The van der Waals surface area contributed by atoms with E-state index in [0.29, 0.717) is 22.5 Å². The molecule has 31 heavy (non-hydrogen) atoms. The lowest BCUT2D eigenvalue weighted by Crippen LogP contribution is -2.25. The Hall–Kier alpha value is -4.07. The summed E-state index contributed by atoms with van der Waals surface area (Å²) < 4.78 is 16.1. The summed E-state index contributed by atoms with van der Waals surface area (Å²) in [4.78, 5) is 21.6. The number of nitrogen functional groups attached to an aromatic ring is 1. The second-order valence-corrected chi connectivity index (χ2v) is 7.23. The zero-order valence-electron chi connectivity index (χ0n) is 17.1. The third-order valence-electron chi connectivity index (χ3n) is 5.11. The molecule has 0 atom stereocenters. The van der Waals surface area contributed by atoms with E-state index in [1.807, 2.05) is 31.2 Å². The SMILES string of the molecule is CC(=N)c1c(N)ncnc1NCc1cc2cccc(C)c2c(=O)n1-c1ccccc1F. The molecule has 0 aliphatic rings. The normalized spacial score (nSPS) is 10.9. The summed E-state index contributed by atoms with van der Waals surface area (Å²) in [6.07, 6.45) is 1.30. The second kappa shape index (κ2) is 7.98. The van der Waals surface area contributed by atoms with Gasteiger partial charge in [0.05, 0.1) is 23.2 Å². The van der Waals surface area contributed by atoms with Crippen LogP contribution in [0.4, 0.5) is 16.0 Å². The molecule has 0 saturated carbocycles. The Kier molecular flexibility index (Phi) is 5.21. The Labute approximate surface area is 177 Å². The number of anilines is 2. The number of para-hydroxylation sites is 1. The molecule has 0 radical (unpaired) electrons. The molecule has 2 aromatic heterocycles. The number of nitrogens with two attached hydrogens (primary N) is 1. The summed E-state index contributed by atoms with van der Waals surface area (Å²) >= 11 is 0. The summed E-state index contributed by atoms with van der Waals surface area (Å²) in [5.74, 6) is 0.0589. The summed E-state index contributed by atoms with van der Waals surface area (Å²) in [5, 5.41) is 12.4. The molecule has 0 saturated heterocycles. The van der Waals surface area contributed by atoms with Gasteiger partial charge in [0.1, 0.15) is 23.8 Å². The van der Waals surface area contributed by atoms with Crippen molar-refractivity contribution in [2.45, 2.75) is 20.4 Å². The molecule has 2 heterocycles. The summed E-state index contributed by atoms with van der Waals surface area (Å²) in [5.41, 5.74) is 7.73. The molecule has 0 aliphatic carbocycles. The number of rotatable bonds is 5. The van der Waals surface area contributed by atoms with E-state index < -0.39 is 5.82 Å². The number of nitrogens with zero attached hydrogens (tertiary/aromatic N) is 3. The van der Waals surface area contributed by atoms with E-state index >= 15 is 0 Å². The number of aromatic nitrogens is 3. The van der Waals surface area contributed by atoms with Crippen LogP contribution in [-0.2, 0) is 6.54 Å². The zero-order chi connectivity index (χ0) is 22.1. The van der Waals surface area contributed by atoms with Crippen molar-refractivity contribution in [3.8, 4) is 5.69 Å². The molecule has 4 rings (SSSR count). The van der Waals surface area contributed by atoms with Crippen LogP contribution >= 0.6 is 0 Å². The van der Waals surface area contributed by atoms with Crippen LogP contribution in [0.1, 0.15) is 23.7 Å². The Morgan fingerprint density at radius 1 is 1.19 bits per heavy atom. The van der Waals surface area contributed by atoms with Gasteiger partial charge in [-0.3, -0.25) is 9.36 Å². The van der Waals surface area contributed by atoms with Gasteiger partial charge >= 0.3 is 0 Å². The van der Waals surface area contributed by atoms with Gasteiger partial charge in [0.15, 0.2) is 0 Å². The highest BCUT2D eigenvalue weighted by molar-refractivity contribution is 6.04. The highest BCUT2D eigenvalue weighted by atomic mass is 19.1. The van der Waals surface area contributed by atoms with Crippen LogP contribution in [0, 0.1) is 18.2 Å². The molecular formula is C23H21FN6O. The third-order valence-corrected chi connectivity index (χ3v) is 5.11. The van der Waals surface area contributed by atoms with Gasteiger partial charge < -0.3 is 16.5 Å². The average Bonchev–Trinajstić information content (AvgIpc) is 2.73. The van der Waals surface area contributed by atoms with Gasteiger partial charge in [-0.2, -0.15) is 0 Å². The van der Waals surface area contributed by atoms with Gasteiger partial charge in [-0.25, -0.2) is 14.4 Å². The number of halogens is 1. The average molecular weight is 416 g/mol. The lowest BCUT2D eigenvalue weighted by atomic mass is 10.1. The van der Waals surface area contributed by atoms with E-state index in [9.17, 15) is 9.18 Å². The molecule has 0 fully saturated rings. The Morgan fingerprint density at radius 3 is 2.71 bits per heavy atom. The fourth-order valence-electron chi connectivity index (χ4n) is 3.69. The zero-order valence-corrected chi connectivity index (χ0v) is 17.1. The van der Waals surface area contributed by atoms with E-state index in [-0.39, 0.29) is 29.3 Å². The van der Waals surface area contributed by atoms with Crippen LogP contribution in [0.3, 0.4) is 0 Å². The number of hydrogen-bond acceptors (Lipinski definition) is 6. The number of aryl methyl sites for hydroxylation is 1. The molecule has 4 aromatic rings. The minimum atomic E-state index is -0.499. The van der Waals surface area contributed by atoms with Crippen molar-refractivity contribution in [1.82, 2.24) is 14.5 Å². The molecule has 2 aromatic carbocycles. The number of pyridine rings is 1. The molecule has 0 bridgehead atoms. The minimum Gasteiger partial charge on any atom is -0.383 e. The number of fused-ring (bicyclic) bond motifs is 1. The summed E-state index contributed by atoms with van der Waals surface area (Å²) in [7, 11) is 0. The first-order valence-electron chi connectivity index (χ1n) is 9.67. The topological polar surface area (TPSA) is 110 Å². The molecule has 0 aliphatic heterocycles. The van der Waals surface area contributed by atoms with Crippen molar-refractivity contribution in [1.29, 1.82) is 5.41 Å². The van der Waals surface area contributed by atoms with Crippen molar-refractivity contribution >= 4 is 28.1 Å². The van der Waals surface area contributed by atoms with Gasteiger partial charge in [0.2, 0.25) is 0 Å². The Morgan fingerprint density at radius 2 is 1.97 bits per heavy atom. The van der Waals surface area contributed by atoms with Gasteiger partial charge in [0, 0.05) is 11.4 Å². The Balaban J connectivity index is 1.90. The number of benzene rings is 2. The van der Waals surface area contributed by atoms with E-state index in [0.717, 1.165) is 10.9 Å². The van der Waals surface area contributed by atoms with Crippen molar-refractivity contribution in [3.05, 3.63) is 87.9 Å². The van der Waals surface area contributed by atoms with Crippen molar-refractivity contribution in [3.63, 3.8) is 0 Å². The minimum absolute atomic E-state index is 0.157. The lowest BCUT2D eigenvalue weighted by molar-refractivity contribution is 0.614. The van der Waals surface area contributed by atoms with Crippen LogP contribution < -0.4 is 16.6 Å². The van der Waals surface area contributed by atoms with E-state index in [4.69, 9.17) is 11.1 Å². The smallest absolute Gasteiger partial charge is 0.263 e. The fourth-order valence-corrected chi connectivity index (χ4v) is 3.69. The molecule has 8 heteroatoms. The van der Waals surface area contributed by atoms with E-state index in [1.165, 1.54) is 17.0 Å². The van der Waals surface area contributed by atoms with Crippen LogP contribution in [0.25, 0.3) is 16.5 Å². The summed E-state index contributed by atoms with van der Waals surface area (Å²) in [6.45, 7) is 3.61. The van der Waals surface area contributed by atoms with Crippen LogP contribution in [-0.4, -0.2) is 20.2 Å². The van der Waals surface area contributed by atoms with E-state index in [2.05, 4.69) is 15.3 Å². The van der Waals surface area contributed by atoms with Gasteiger partial charge in [-0.05, 0) is 43.0 Å². The maximum atomic E-state index is 14.7. The standard InChI is InChI=1S/C23H21FN6O/c1-13-6-5-7-15-10-16(11-27-22-20(14(2)25)21(26)28-12-29-22)30(23(31)19(13)15)18-9-4-3-8-17(18)24/h3-10,12,25H,11H2,1-2H3,(H3,26,27,28,29). The van der Waals surface area contributed by atoms with Crippen LogP contribution in [0.15, 0.2) is 59.7 Å². The molecular weight excluding hydrogens is 395 g/mol. The third kappa shape index (κ3) is 3.63. The molecule has 0 amide bonds. The first kappa shape index (κ1) is 20.2. The van der Waals surface area contributed by atoms with Gasteiger partial charge in [-0.1, -0.05) is 30.3 Å². The highest BCUT2D eigenvalue weighted by Gasteiger charge is 2.17. The van der Waals surface area contributed by atoms with Crippen LogP contribution in [0.2, 0.25) is 0 Å². The van der Waals surface area contributed by atoms with Crippen molar-refractivity contribution < 1.29 is 4.39 Å². The first-order chi connectivity index (χ1) is 14.9. The molecule has 4 N–H and O–H groups in total. The van der Waals surface area contributed by atoms with Gasteiger partial charge in [0.25, 0.3) is 5.56 Å². The fraction of sp³-hybridized carbons (Fsp3) is 0.130. The molecule has 0 unspecified atom stereocenters. The second-order valence-electron chi connectivity index (χ2n) is 7.23. The highest BCUT2D eigenvalue weighted by Crippen LogP contribution is 2.23.